The lowest BCUT2D eigenvalue weighted by atomic mass is 10.2. The zero-order chi connectivity index (χ0) is 16.5. The van der Waals surface area contributed by atoms with Crippen LogP contribution < -0.4 is 19.8 Å². The average molecular weight is 313 g/mol. The van der Waals surface area contributed by atoms with E-state index in [0.717, 1.165) is 0 Å². The standard InChI is InChI=1S/C16H15N3O4/c20-15(11-19-8-4-1-5-9-19)18-17-10-13-6-2-3-7-14(13)23-12-16(21)22/h1-10H,11-12H2,(H-,18,20,21,22)/b17-10-. The maximum atomic E-state index is 11.7. The highest BCUT2D eigenvalue weighted by Crippen LogP contribution is 2.15. The normalized spacial score (nSPS) is 10.4. The Balaban J connectivity index is 1.92. The van der Waals surface area contributed by atoms with Crippen molar-refractivity contribution in [3.05, 3.63) is 60.4 Å². The first kappa shape index (κ1) is 16.2. The largest absolute Gasteiger partial charge is 0.546 e. The van der Waals surface area contributed by atoms with E-state index in [2.05, 4.69) is 10.5 Å². The molecule has 0 spiro atoms. The molecular weight excluding hydrogens is 298 g/mol. The number of para-hydroxylation sites is 1. The minimum Gasteiger partial charge on any atom is -0.546 e. The van der Waals surface area contributed by atoms with Gasteiger partial charge in [0.05, 0.1) is 12.2 Å². The molecule has 0 bridgehead atoms. The van der Waals surface area contributed by atoms with Crippen LogP contribution in [-0.4, -0.2) is 24.7 Å². The number of nitrogens with zero attached hydrogens (tertiary/aromatic N) is 2. The Hall–Kier alpha value is -3.22. The Labute approximate surface area is 132 Å². The molecule has 1 aromatic heterocycles. The van der Waals surface area contributed by atoms with Crippen LogP contribution in [-0.2, 0) is 16.1 Å². The van der Waals surface area contributed by atoms with Crippen molar-refractivity contribution in [3.8, 4) is 5.75 Å². The quantitative estimate of drug-likeness (QED) is 0.413. The van der Waals surface area contributed by atoms with Crippen molar-refractivity contribution >= 4 is 18.1 Å². The number of rotatable bonds is 7. The number of amides is 1. The molecule has 7 nitrogen and oxygen atoms in total. The number of hydrogen-bond donors (Lipinski definition) is 1. The van der Waals surface area contributed by atoms with E-state index in [9.17, 15) is 14.7 Å². The van der Waals surface area contributed by atoms with Crippen LogP contribution in [0.2, 0.25) is 0 Å². The van der Waals surface area contributed by atoms with Crippen LogP contribution >= 0.6 is 0 Å². The molecule has 1 heterocycles. The number of hydrazone groups is 1. The van der Waals surface area contributed by atoms with Gasteiger partial charge in [0, 0.05) is 17.7 Å². The van der Waals surface area contributed by atoms with Crippen molar-refractivity contribution in [1.82, 2.24) is 5.43 Å². The van der Waals surface area contributed by atoms with Crippen LogP contribution in [0.4, 0.5) is 0 Å². The number of carboxylic acids is 1. The number of aliphatic carboxylic acids is 1. The number of pyridine rings is 1. The van der Waals surface area contributed by atoms with Crippen LogP contribution in [0.5, 0.6) is 5.75 Å². The van der Waals surface area contributed by atoms with Gasteiger partial charge in [-0.05, 0) is 12.1 Å². The minimum atomic E-state index is -1.31. The molecule has 0 saturated heterocycles. The lowest BCUT2D eigenvalue weighted by Gasteiger charge is -2.08. The first-order valence-electron chi connectivity index (χ1n) is 6.83. The molecule has 2 rings (SSSR count). The first-order chi connectivity index (χ1) is 11.1. The van der Waals surface area contributed by atoms with Gasteiger partial charge in [0.25, 0.3) is 0 Å². The lowest BCUT2D eigenvalue weighted by Crippen LogP contribution is -2.40. The number of hydrogen-bond acceptors (Lipinski definition) is 5. The van der Waals surface area contributed by atoms with Crippen molar-refractivity contribution in [2.45, 2.75) is 6.54 Å². The van der Waals surface area contributed by atoms with Crippen molar-refractivity contribution in [1.29, 1.82) is 0 Å². The Morgan fingerprint density at radius 1 is 1.17 bits per heavy atom. The van der Waals surface area contributed by atoms with Crippen LogP contribution in [0.25, 0.3) is 0 Å². The predicted octanol–water partition coefficient (Wildman–Crippen LogP) is -0.747. The molecule has 0 fully saturated rings. The third kappa shape index (κ3) is 5.58. The fourth-order valence-corrected chi connectivity index (χ4v) is 1.77. The second-order valence-corrected chi connectivity index (χ2v) is 4.54. The Morgan fingerprint density at radius 2 is 1.91 bits per heavy atom. The maximum absolute atomic E-state index is 11.7. The number of benzene rings is 1. The van der Waals surface area contributed by atoms with Crippen molar-refractivity contribution in [2.24, 2.45) is 5.10 Å². The Morgan fingerprint density at radius 3 is 2.65 bits per heavy atom. The number of ether oxygens (including phenoxy) is 1. The first-order valence-corrected chi connectivity index (χ1v) is 6.83. The molecule has 0 radical (unpaired) electrons. The van der Waals surface area contributed by atoms with Gasteiger partial charge >= 0.3 is 5.91 Å². The number of aromatic nitrogens is 1. The molecule has 0 aliphatic heterocycles. The van der Waals surface area contributed by atoms with Crippen molar-refractivity contribution in [2.75, 3.05) is 6.61 Å². The van der Waals surface area contributed by atoms with E-state index in [1.807, 2.05) is 18.2 Å². The van der Waals surface area contributed by atoms with E-state index in [1.165, 1.54) is 6.21 Å². The van der Waals surface area contributed by atoms with Crippen molar-refractivity contribution in [3.63, 3.8) is 0 Å². The summed E-state index contributed by atoms with van der Waals surface area (Å²) in [6.45, 7) is -0.414. The number of carbonyl (C=O) groups excluding carboxylic acids is 2. The van der Waals surface area contributed by atoms with Gasteiger partial charge < -0.3 is 14.6 Å². The van der Waals surface area contributed by atoms with Gasteiger partial charge in [-0.15, -0.1) is 0 Å². The number of carboxylic acid groups (broad SMARTS) is 1. The summed E-state index contributed by atoms with van der Waals surface area (Å²) in [4.78, 5) is 22.2. The van der Waals surface area contributed by atoms with Crippen LogP contribution in [0.3, 0.4) is 0 Å². The molecule has 23 heavy (non-hydrogen) atoms. The molecular formula is C16H15N3O4. The molecule has 7 heteroatoms. The molecule has 0 atom stereocenters. The van der Waals surface area contributed by atoms with E-state index in [1.54, 1.807) is 41.2 Å². The molecule has 1 N–H and O–H groups in total. The third-order valence-corrected chi connectivity index (χ3v) is 2.76. The highest BCUT2D eigenvalue weighted by Gasteiger charge is 2.07. The van der Waals surface area contributed by atoms with Gasteiger partial charge in [0.1, 0.15) is 12.4 Å². The summed E-state index contributed by atoms with van der Waals surface area (Å²) in [5.74, 6) is -1.26. The monoisotopic (exact) mass is 313 g/mol. The van der Waals surface area contributed by atoms with Gasteiger partial charge in [-0.2, -0.15) is 9.67 Å². The average Bonchev–Trinajstić information content (AvgIpc) is 2.55. The topological polar surface area (TPSA) is 94.7 Å². The molecule has 0 aliphatic rings. The molecule has 118 valence electrons. The zero-order valence-corrected chi connectivity index (χ0v) is 12.2. The summed E-state index contributed by atoms with van der Waals surface area (Å²) in [6.07, 6.45) is 4.93. The van der Waals surface area contributed by atoms with E-state index in [4.69, 9.17) is 4.74 Å². The Bertz CT molecular complexity index is 701. The second kappa shape index (κ2) is 8.28. The summed E-state index contributed by atoms with van der Waals surface area (Å²) >= 11 is 0. The second-order valence-electron chi connectivity index (χ2n) is 4.54. The van der Waals surface area contributed by atoms with Crippen LogP contribution in [0.15, 0.2) is 60.0 Å². The van der Waals surface area contributed by atoms with Crippen LogP contribution in [0, 0.1) is 0 Å². The summed E-state index contributed by atoms with van der Waals surface area (Å²) in [7, 11) is 0. The zero-order valence-electron chi connectivity index (χ0n) is 12.2. The SMILES string of the molecule is O=C([O-])COc1ccccc1/C=N\NC(=O)C[n+]1ccccc1. The summed E-state index contributed by atoms with van der Waals surface area (Å²) in [5.41, 5.74) is 2.94. The smallest absolute Gasteiger partial charge is 0.305 e. The molecule has 0 unspecified atom stereocenters. The van der Waals surface area contributed by atoms with Gasteiger partial charge in [-0.1, -0.05) is 18.2 Å². The highest BCUT2D eigenvalue weighted by molar-refractivity contribution is 5.85. The maximum Gasteiger partial charge on any atom is 0.305 e. The van der Waals surface area contributed by atoms with Crippen LogP contribution in [0.1, 0.15) is 5.56 Å². The highest BCUT2D eigenvalue weighted by atomic mass is 16.5. The molecule has 0 aliphatic carbocycles. The van der Waals surface area contributed by atoms with E-state index < -0.39 is 12.6 Å². The Kier molecular flexibility index (Phi) is 5.81. The number of nitrogens with one attached hydrogen (secondary N) is 1. The third-order valence-electron chi connectivity index (χ3n) is 2.76. The fourth-order valence-electron chi connectivity index (χ4n) is 1.77. The summed E-state index contributed by atoms with van der Waals surface area (Å²) < 4.78 is 6.79. The van der Waals surface area contributed by atoms with Gasteiger partial charge in [-0.25, -0.2) is 5.43 Å². The molecule has 1 aromatic carbocycles. The fraction of sp³-hybridized carbons (Fsp3) is 0.125. The van der Waals surface area contributed by atoms with Gasteiger partial charge in [-0.3, -0.25) is 4.79 Å². The van der Waals surface area contributed by atoms with E-state index in [0.29, 0.717) is 11.3 Å². The molecule has 0 saturated carbocycles. The summed E-state index contributed by atoms with van der Waals surface area (Å²) in [6, 6.07) is 12.2. The molecule has 2 aromatic rings. The van der Waals surface area contributed by atoms with E-state index >= 15 is 0 Å². The van der Waals surface area contributed by atoms with E-state index in [-0.39, 0.29) is 12.5 Å². The predicted molar refractivity (Wildman–Crippen MR) is 79.3 cm³/mol. The van der Waals surface area contributed by atoms with Crippen molar-refractivity contribution < 1.29 is 24.0 Å². The van der Waals surface area contributed by atoms with Gasteiger partial charge in [0.2, 0.25) is 6.54 Å². The minimum absolute atomic E-state index is 0.140. The lowest BCUT2D eigenvalue weighted by molar-refractivity contribution is -0.684. The summed E-state index contributed by atoms with van der Waals surface area (Å²) in [5, 5.41) is 14.3. The molecule has 1 amide bonds. The van der Waals surface area contributed by atoms with Gasteiger partial charge in [0.15, 0.2) is 12.4 Å². The number of carbonyl (C=O) groups is 2.